The number of hydrogen-bond donors (Lipinski definition) is 0. The van der Waals surface area contributed by atoms with Gasteiger partial charge in [-0.2, -0.15) is 0 Å². The van der Waals surface area contributed by atoms with Gasteiger partial charge in [0, 0.05) is 0 Å². The summed E-state index contributed by atoms with van der Waals surface area (Å²) in [4.78, 5) is 0. The molecule has 0 heterocycles. The lowest BCUT2D eigenvalue weighted by Crippen LogP contribution is -2.48. The minimum atomic E-state index is 0.502. The highest BCUT2D eigenvalue weighted by atomic mass is 14.7. The first-order valence-electron chi connectivity index (χ1n) is 8.99. The van der Waals surface area contributed by atoms with Gasteiger partial charge in [0.25, 0.3) is 0 Å². The first kappa shape index (κ1) is 13.6. The van der Waals surface area contributed by atoms with Crippen LogP contribution in [0.5, 0.6) is 0 Å². The molecule has 4 bridgehead atoms. The monoisotopic (exact) mass is 273 g/mol. The van der Waals surface area contributed by atoms with Crippen LogP contribution >= 0.6 is 0 Å². The van der Waals surface area contributed by atoms with Crippen molar-refractivity contribution in [1.82, 2.24) is 0 Å². The Bertz CT molecular complexity index is 393. The highest BCUT2D eigenvalue weighted by Gasteiger charge is 2.70. The molecule has 20 heavy (non-hydrogen) atoms. The summed E-state index contributed by atoms with van der Waals surface area (Å²) in [5, 5.41) is 0. The van der Waals surface area contributed by atoms with Crippen LogP contribution < -0.4 is 0 Å². The highest BCUT2D eigenvalue weighted by molar-refractivity contribution is 5.32. The smallest absolute Gasteiger partial charge is 0.00811 e. The summed E-state index contributed by atoms with van der Waals surface area (Å²) in [6.07, 6.45) is 8.94. The van der Waals surface area contributed by atoms with Crippen LogP contribution in [0.3, 0.4) is 0 Å². The van der Waals surface area contributed by atoms with E-state index in [2.05, 4.69) is 41.5 Å². The van der Waals surface area contributed by atoms with Crippen molar-refractivity contribution >= 4 is 0 Å². The summed E-state index contributed by atoms with van der Waals surface area (Å²) in [6, 6.07) is 0. The lowest BCUT2D eigenvalue weighted by atomic mass is 9.49. The Morgan fingerprint density at radius 1 is 0.800 bits per heavy atom. The average molecular weight is 273 g/mol. The van der Waals surface area contributed by atoms with Crippen LogP contribution in [-0.4, -0.2) is 0 Å². The molecule has 0 spiro atoms. The van der Waals surface area contributed by atoms with Gasteiger partial charge in [-0.1, -0.05) is 41.5 Å². The standard InChI is InChI=1S/C20H33/c1-17(2)13-7-9-19(5,11-13)15(17)16-18(3,4)14-8-10-20(16,6)12-14/h13-15H,7-12H2,1-6H3. The van der Waals surface area contributed by atoms with Crippen molar-refractivity contribution in [3.63, 3.8) is 0 Å². The predicted octanol–water partition coefficient (Wildman–Crippen LogP) is 5.87. The van der Waals surface area contributed by atoms with Crippen molar-refractivity contribution in [2.45, 2.75) is 80.1 Å². The summed E-state index contributed by atoms with van der Waals surface area (Å²) in [5.41, 5.74) is 2.24. The second-order valence-electron chi connectivity index (χ2n) is 10.5. The molecule has 0 aromatic carbocycles. The first-order chi connectivity index (χ1) is 9.11. The molecule has 4 saturated carbocycles. The normalized spacial score (nSPS) is 55.8. The van der Waals surface area contributed by atoms with E-state index in [1.54, 1.807) is 0 Å². The van der Waals surface area contributed by atoms with Crippen LogP contribution in [0.4, 0.5) is 0 Å². The Kier molecular flexibility index (Phi) is 2.38. The maximum absolute atomic E-state index is 2.63. The van der Waals surface area contributed by atoms with E-state index < -0.39 is 0 Å². The van der Waals surface area contributed by atoms with Crippen molar-refractivity contribution in [3.05, 3.63) is 5.92 Å². The topological polar surface area (TPSA) is 0 Å². The number of hydrogen-bond acceptors (Lipinski definition) is 0. The van der Waals surface area contributed by atoms with Gasteiger partial charge in [-0.15, -0.1) is 0 Å². The van der Waals surface area contributed by atoms with Gasteiger partial charge < -0.3 is 0 Å². The lowest BCUT2D eigenvalue weighted by Gasteiger charge is -2.55. The summed E-state index contributed by atoms with van der Waals surface area (Å²) in [7, 11) is 0. The molecular formula is C20H33. The molecule has 0 aliphatic heterocycles. The largest absolute Gasteiger partial charge is 0.0593 e. The maximum atomic E-state index is 2.63. The molecular weight excluding hydrogens is 240 g/mol. The van der Waals surface area contributed by atoms with Gasteiger partial charge in [0.15, 0.2) is 0 Å². The van der Waals surface area contributed by atoms with Crippen LogP contribution in [0, 0.1) is 45.3 Å². The molecule has 4 rings (SSSR count). The van der Waals surface area contributed by atoms with Gasteiger partial charge in [-0.05, 0) is 83.9 Å². The van der Waals surface area contributed by atoms with Crippen LogP contribution in [0.1, 0.15) is 80.1 Å². The first-order valence-corrected chi connectivity index (χ1v) is 8.99. The summed E-state index contributed by atoms with van der Waals surface area (Å²) in [6.45, 7) is 15.6. The van der Waals surface area contributed by atoms with Gasteiger partial charge in [0.1, 0.15) is 0 Å². The lowest BCUT2D eigenvalue weighted by molar-refractivity contribution is 0.0244. The van der Waals surface area contributed by atoms with E-state index in [1.165, 1.54) is 38.5 Å². The second-order valence-corrected chi connectivity index (χ2v) is 10.5. The van der Waals surface area contributed by atoms with E-state index in [4.69, 9.17) is 0 Å². The van der Waals surface area contributed by atoms with E-state index in [0.29, 0.717) is 21.7 Å². The zero-order valence-corrected chi connectivity index (χ0v) is 14.5. The SMILES string of the molecule is CC12CCC(C1)C(C)(C)[C]2C1C2(C)CCC(C2)C1(C)C. The summed E-state index contributed by atoms with van der Waals surface area (Å²) < 4.78 is 0. The third-order valence-electron chi connectivity index (χ3n) is 8.66. The van der Waals surface area contributed by atoms with Crippen molar-refractivity contribution in [3.8, 4) is 0 Å². The third kappa shape index (κ3) is 1.35. The summed E-state index contributed by atoms with van der Waals surface area (Å²) >= 11 is 0. The van der Waals surface area contributed by atoms with Gasteiger partial charge in [0.2, 0.25) is 0 Å². The van der Waals surface area contributed by atoms with Crippen LogP contribution in [0.2, 0.25) is 0 Å². The van der Waals surface area contributed by atoms with Crippen LogP contribution in [0.15, 0.2) is 0 Å². The second kappa shape index (κ2) is 3.49. The fraction of sp³-hybridized carbons (Fsp3) is 0.950. The fourth-order valence-electron chi connectivity index (χ4n) is 7.84. The number of fused-ring (bicyclic) bond motifs is 4. The minimum Gasteiger partial charge on any atom is -0.0593 e. The van der Waals surface area contributed by atoms with Crippen LogP contribution in [-0.2, 0) is 0 Å². The van der Waals surface area contributed by atoms with E-state index >= 15 is 0 Å². The van der Waals surface area contributed by atoms with Crippen LogP contribution in [0.25, 0.3) is 0 Å². The van der Waals surface area contributed by atoms with Crippen molar-refractivity contribution in [1.29, 1.82) is 0 Å². The molecule has 0 saturated heterocycles. The molecule has 113 valence electrons. The quantitative estimate of drug-likeness (QED) is 0.560. The molecule has 4 aliphatic rings. The van der Waals surface area contributed by atoms with Gasteiger partial charge in [-0.25, -0.2) is 0 Å². The highest BCUT2D eigenvalue weighted by Crippen LogP contribution is 2.78. The van der Waals surface area contributed by atoms with Gasteiger partial charge >= 0.3 is 0 Å². The molecule has 0 aromatic rings. The molecule has 0 heteroatoms. The van der Waals surface area contributed by atoms with Crippen molar-refractivity contribution in [2.24, 2.45) is 39.4 Å². The Labute approximate surface area is 126 Å². The summed E-state index contributed by atoms with van der Waals surface area (Å²) in [5.74, 6) is 4.86. The molecule has 5 atom stereocenters. The van der Waals surface area contributed by atoms with Crippen molar-refractivity contribution < 1.29 is 0 Å². The van der Waals surface area contributed by atoms with E-state index in [1.807, 2.05) is 5.92 Å². The molecule has 0 aromatic heterocycles. The third-order valence-corrected chi connectivity index (χ3v) is 8.66. The number of rotatable bonds is 1. The Hall–Kier alpha value is 0. The predicted molar refractivity (Wildman–Crippen MR) is 85.2 cm³/mol. The van der Waals surface area contributed by atoms with Gasteiger partial charge in [-0.3, -0.25) is 0 Å². The van der Waals surface area contributed by atoms with E-state index in [0.717, 1.165) is 17.8 Å². The maximum Gasteiger partial charge on any atom is -0.00811 e. The van der Waals surface area contributed by atoms with Crippen molar-refractivity contribution in [2.75, 3.05) is 0 Å². The molecule has 5 unspecified atom stereocenters. The molecule has 4 aliphatic carbocycles. The van der Waals surface area contributed by atoms with E-state index in [-0.39, 0.29) is 0 Å². The Balaban J connectivity index is 1.81. The average Bonchev–Trinajstić information content (AvgIpc) is 2.97. The molecule has 0 amide bonds. The molecule has 0 nitrogen and oxygen atoms in total. The molecule has 0 N–H and O–H groups in total. The molecule has 4 fully saturated rings. The van der Waals surface area contributed by atoms with E-state index in [9.17, 15) is 0 Å². The Morgan fingerprint density at radius 3 is 1.95 bits per heavy atom. The zero-order chi connectivity index (χ0) is 14.6. The Morgan fingerprint density at radius 2 is 1.45 bits per heavy atom. The fourth-order valence-corrected chi connectivity index (χ4v) is 7.84. The van der Waals surface area contributed by atoms with Gasteiger partial charge in [0.05, 0.1) is 0 Å². The minimum absolute atomic E-state index is 0.502. The zero-order valence-electron chi connectivity index (χ0n) is 14.5. The molecule has 1 radical (unpaired) electrons.